The standard InChI is InChI=1S/C27H25NO4/c29-22-14-7-13-21(17-22)27(31)16-8-15-26(27,30)18-23-28-24(19-9-3-1-4-10-19)25(32-23)20-11-5-2-6-12-20/h1-7,9-14,17,29-31H,8,15-16,18H2. The van der Waals surface area contributed by atoms with E-state index in [4.69, 9.17) is 9.40 Å². The zero-order valence-corrected chi connectivity index (χ0v) is 17.6. The average molecular weight is 428 g/mol. The zero-order chi connectivity index (χ0) is 22.2. The lowest BCUT2D eigenvalue weighted by molar-refractivity contribution is -0.138. The summed E-state index contributed by atoms with van der Waals surface area (Å²) >= 11 is 0. The summed E-state index contributed by atoms with van der Waals surface area (Å²) in [7, 11) is 0. The van der Waals surface area contributed by atoms with Crippen molar-refractivity contribution in [3.63, 3.8) is 0 Å². The first-order chi connectivity index (χ1) is 15.5. The van der Waals surface area contributed by atoms with Gasteiger partial charge in [0.05, 0.1) is 6.42 Å². The van der Waals surface area contributed by atoms with Crippen LogP contribution >= 0.6 is 0 Å². The summed E-state index contributed by atoms with van der Waals surface area (Å²) in [6, 6.07) is 26.0. The minimum absolute atomic E-state index is 0.0547. The van der Waals surface area contributed by atoms with Crippen molar-refractivity contribution < 1.29 is 19.7 Å². The molecular weight excluding hydrogens is 402 g/mol. The van der Waals surface area contributed by atoms with E-state index in [1.165, 1.54) is 6.07 Å². The topological polar surface area (TPSA) is 86.7 Å². The SMILES string of the molecule is Oc1cccc(C2(O)CCCC2(O)Cc2nc(-c3ccccc3)c(-c3ccccc3)o2)c1. The third kappa shape index (κ3) is 3.49. The second kappa shape index (κ2) is 7.93. The van der Waals surface area contributed by atoms with E-state index in [0.717, 1.165) is 11.1 Å². The number of rotatable bonds is 5. The van der Waals surface area contributed by atoms with E-state index in [0.29, 0.717) is 42.2 Å². The Labute approximate surface area is 186 Å². The Kier molecular flexibility index (Phi) is 5.08. The third-order valence-corrected chi connectivity index (χ3v) is 6.42. The van der Waals surface area contributed by atoms with Gasteiger partial charge in [0, 0.05) is 11.1 Å². The molecule has 0 amide bonds. The molecule has 5 rings (SSSR count). The van der Waals surface area contributed by atoms with Crippen LogP contribution in [0.15, 0.2) is 89.3 Å². The highest BCUT2D eigenvalue weighted by Crippen LogP contribution is 2.49. The monoisotopic (exact) mass is 427 g/mol. The highest BCUT2D eigenvalue weighted by molar-refractivity contribution is 5.76. The van der Waals surface area contributed by atoms with E-state index >= 15 is 0 Å². The van der Waals surface area contributed by atoms with Gasteiger partial charge in [-0.15, -0.1) is 0 Å². The summed E-state index contributed by atoms with van der Waals surface area (Å²) in [5.74, 6) is 1.05. The molecule has 0 saturated heterocycles. The van der Waals surface area contributed by atoms with E-state index in [9.17, 15) is 15.3 Å². The number of phenolic OH excluding ortho intramolecular Hbond substituents is 1. The third-order valence-electron chi connectivity index (χ3n) is 6.42. The lowest BCUT2D eigenvalue weighted by atomic mass is 9.78. The van der Waals surface area contributed by atoms with Crippen LogP contribution in [0.4, 0.5) is 0 Å². The number of aliphatic hydroxyl groups is 2. The van der Waals surface area contributed by atoms with Gasteiger partial charge in [-0.1, -0.05) is 72.8 Å². The molecule has 1 aliphatic carbocycles. The van der Waals surface area contributed by atoms with Gasteiger partial charge in [0.25, 0.3) is 0 Å². The summed E-state index contributed by atoms with van der Waals surface area (Å²) in [5, 5.41) is 33.1. The molecule has 1 aromatic heterocycles. The number of benzene rings is 3. The molecule has 0 aliphatic heterocycles. The first kappa shape index (κ1) is 20.5. The number of hydrogen-bond donors (Lipinski definition) is 3. The summed E-state index contributed by atoms with van der Waals surface area (Å²) < 4.78 is 6.20. The largest absolute Gasteiger partial charge is 0.508 e. The van der Waals surface area contributed by atoms with Gasteiger partial charge in [-0.3, -0.25) is 0 Å². The smallest absolute Gasteiger partial charge is 0.198 e. The van der Waals surface area contributed by atoms with Crippen LogP contribution in [0.1, 0.15) is 30.7 Å². The fourth-order valence-corrected chi connectivity index (χ4v) is 4.75. The highest BCUT2D eigenvalue weighted by Gasteiger charge is 2.55. The maximum atomic E-state index is 11.6. The molecule has 2 unspecified atom stereocenters. The van der Waals surface area contributed by atoms with Crippen LogP contribution in [0.5, 0.6) is 5.75 Å². The predicted molar refractivity (Wildman–Crippen MR) is 122 cm³/mol. The van der Waals surface area contributed by atoms with Crippen LogP contribution in [0, 0.1) is 0 Å². The zero-order valence-electron chi connectivity index (χ0n) is 17.6. The van der Waals surface area contributed by atoms with Crippen LogP contribution in [0.2, 0.25) is 0 Å². The molecule has 3 aromatic carbocycles. The van der Waals surface area contributed by atoms with Crippen molar-refractivity contribution in [2.24, 2.45) is 0 Å². The van der Waals surface area contributed by atoms with E-state index < -0.39 is 11.2 Å². The molecule has 1 heterocycles. The Bertz CT molecular complexity index is 1160. The summed E-state index contributed by atoms with van der Waals surface area (Å²) in [5.41, 5.74) is 0.0489. The van der Waals surface area contributed by atoms with Crippen LogP contribution in [0.25, 0.3) is 22.6 Å². The molecule has 32 heavy (non-hydrogen) atoms. The first-order valence-electron chi connectivity index (χ1n) is 10.8. The van der Waals surface area contributed by atoms with Crippen molar-refractivity contribution in [1.29, 1.82) is 0 Å². The Hall–Kier alpha value is -3.41. The van der Waals surface area contributed by atoms with Gasteiger partial charge in [0.2, 0.25) is 0 Å². The van der Waals surface area contributed by atoms with Crippen LogP contribution in [-0.4, -0.2) is 25.9 Å². The fourth-order valence-electron chi connectivity index (χ4n) is 4.75. The van der Waals surface area contributed by atoms with Crippen molar-refractivity contribution in [3.8, 4) is 28.3 Å². The summed E-state index contributed by atoms with van der Waals surface area (Å²) in [4.78, 5) is 4.76. The van der Waals surface area contributed by atoms with Gasteiger partial charge >= 0.3 is 0 Å². The number of oxazole rings is 1. The molecule has 3 N–H and O–H groups in total. The summed E-state index contributed by atoms with van der Waals surface area (Å²) in [6.07, 6.45) is 1.51. The van der Waals surface area contributed by atoms with E-state index in [-0.39, 0.29) is 12.2 Å². The van der Waals surface area contributed by atoms with Crippen LogP contribution in [0.3, 0.4) is 0 Å². The number of aromatic nitrogens is 1. The molecule has 162 valence electrons. The van der Waals surface area contributed by atoms with Crippen molar-refractivity contribution in [2.75, 3.05) is 0 Å². The normalized spacial score (nSPS) is 22.8. The van der Waals surface area contributed by atoms with Gasteiger partial charge in [-0.2, -0.15) is 0 Å². The Balaban J connectivity index is 1.56. The van der Waals surface area contributed by atoms with Gasteiger partial charge in [-0.05, 0) is 37.0 Å². The van der Waals surface area contributed by atoms with Crippen molar-refractivity contribution in [3.05, 3.63) is 96.4 Å². The van der Waals surface area contributed by atoms with E-state index in [1.54, 1.807) is 18.2 Å². The maximum Gasteiger partial charge on any atom is 0.198 e. The average Bonchev–Trinajstić information content (AvgIpc) is 3.36. The van der Waals surface area contributed by atoms with Crippen LogP contribution < -0.4 is 0 Å². The van der Waals surface area contributed by atoms with E-state index in [1.807, 2.05) is 60.7 Å². The lowest BCUT2D eigenvalue weighted by Gasteiger charge is -2.38. The molecule has 2 atom stereocenters. The number of aromatic hydroxyl groups is 1. The van der Waals surface area contributed by atoms with Crippen LogP contribution in [-0.2, 0) is 12.0 Å². The molecule has 1 saturated carbocycles. The predicted octanol–water partition coefficient (Wildman–Crippen LogP) is 5.06. The van der Waals surface area contributed by atoms with Gasteiger partial charge < -0.3 is 19.7 Å². The quantitative estimate of drug-likeness (QED) is 0.414. The minimum atomic E-state index is -1.50. The minimum Gasteiger partial charge on any atom is -0.508 e. The molecule has 5 nitrogen and oxygen atoms in total. The van der Waals surface area contributed by atoms with Gasteiger partial charge in [0.1, 0.15) is 22.6 Å². The van der Waals surface area contributed by atoms with Gasteiger partial charge in [-0.25, -0.2) is 4.98 Å². The van der Waals surface area contributed by atoms with Gasteiger partial charge in [0.15, 0.2) is 11.7 Å². The lowest BCUT2D eigenvalue weighted by Crippen LogP contribution is -2.49. The van der Waals surface area contributed by atoms with Crippen molar-refractivity contribution in [1.82, 2.24) is 4.98 Å². The highest BCUT2D eigenvalue weighted by atomic mass is 16.4. The number of phenols is 1. The molecule has 0 radical (unpaired) electrons. The first-order valence-corrected chi connectivity index (χ1v) is 10.8. The molecular formula is C27H25NO4. The Morgan fingerprint density at radius 2 is 1.50 bits per heavy atom. The molecule has 5 heteroatoms. The second-order valence-corrected chi connectivity index (χ2v) is 8.49. The molecule has 0 spiro atoms. The number of nitrogens with zero attached hydrogens (tertiary/aromatic N) is 1. The Morgan fingerprint density at radius 3 is 2.19 bits per heavy atom. The molecule has 1 fully saturated rings. The van der Waals surface area contributed by atoms with Crippen molar-refractivity contribution in [2.45, 2.75) is 36.9 Å². The second-order valence-electron chi connectivity index (χ2n) is 8.49. The van der Waals surface area contributed by atoms with Crippen molar-refractivity contribution >= 4 is 0 Å². The Morgan fingerprint density at radius 1 is 0.812 bits per heavy atom. The molecule has 0 bridgehead atoms. The maximum absolute atomic E-state index is 11.6. The van der Waals surface area contributed by atoms with E-state index in [2.05, 4.69) is 0 Å². The molecule has 1 aliphatic rings. The summed E-state index contributed by atoms with van der Waals surface area (Å²) in [6.45, 7) is 0. The molecule has 4 aromatic rings. The number of hydrogen-bond acceptors (Lipinski definition) is 5. The fraction of sp³-hybridized carbons (Fsp3) is 0.222.